The van der Waals surface area contributed by atoms with Gasteiger partial charge in [0.05, 0.1) is 28.5 Å². The second-order valence-corrected chi connectivity index (χ2v) is 9.70. The van der Waals surface area contributed by atoms with Crippen molar-refractivity contribution in [2.45, 2.75) is 42.4 Å². The van der Waals surface area contributed by atoms with Crippen LogP contribution in [0.4, 0.5) is 18.9 Å². The summed E-state index contributed by atoms with van der Waals surface area (Å²) in [5, 5.41) is 0. The molecule has 11 heteroatoms. The van der Waals surface area contributed by atoms with Gasteiger partial charge in [-0.2, -0.15) is 13.2 Å². The summed E-state index contributed by atoms with van der Waals surface area (Å²) in [5.41, 5.74) is 14.2. The summed E-state index contributed by atoms with van der Waals surface area (Å²) in [6, 6.07) is 9.73. The summed E-state index contributed by atoms with van der Waals surface area (Å²) in [6.07, 6.45) is -3.86. The Bertz CT molecular complexity index is 1070. The van der Waals surface area contributed by atoms with Gasteiger partial charge in [-0.05, 0) is 37.1 Å². The molecule has 1 aliphatic carbocycles. The van der Waals surface area contributed by atoms with Crippen LogP contribution in [0.5, 0.6) is 0 Å². The van der Waals surface area contributed by atoms with Gasteiger partial charge in [-0.3, -0.25) is 5.73 Å². The van der Waals surface area contributed by atoms with Crippen LogP contribution in [0.15, 0.2) is 41.3 Å². The number of fused-ring (bicyclic) bond motifs is 1. The number of benzene rings is 1. The molecule has 162 valence electrons. The molecule has 2 atom stereocenters. The molecule has 7 nitrogen and oxygen atoms in total. The highest BCUT2D eigenvalue weighted by atomic mass is 32.2. The summed E-state index contributed by atoms with van der Waals surface area (Å²) in [4.78, 5) is 7.40. The zero-order valence-corrected chi connectivity index (χ0v) is 17.0. The number of anilines is 1. The number of nitrogens with two attached hydrogens (primary N) is 2. The summed E-state index contributed by atoms with van der Waals surface area (Å²) < 4.78 is 63.2. The smallest absolute Gasteiger partial charge is 0.339 e. The van der Waals surface area contributed by atoms with Crippen LogP contribution < -0.4 is 16.4 Å². The summed E-state index contributed by atoms with van der Waals surface area (Å²) in [7, 11) is -3.42. The van der Waals surface area contributed by atoms with E-state index >= 15 is 0 Å². The molecule has 2 unspecified atom stereocenters. The molecule has 1 aromatic heterocycles. The average molecular weight is 441 g/mol. The lowest BCUT2D eigenvalue weighted by Crippen LogP contribution is -2.63. The first-order valence-corrected chi connectivity index (χ1v) is 11.3. The Morgan fingerprint density at radius 3 is 2.47 bits per heavy atom. The number of pyridine rings is 1. The van der Waals surface area contributed by atoms with Gasteiger partial charge < -0.3 is 10.6 Å². The van der Waals surface area contributed by atoms with Gasteiger partial charge >= 0.3 is 6.18 Å². The number of hydrogen-bond donors (Lipinski definition) is 2. The number of nitrogens with zero attached hydrogens (tertiary/aromatic N) is 3. The predicted octanol–water partition coefficient (Wildman–Crippen LogP) is 2.20. The molecule has 2 aromatic rings. The molecule has 0 spiro atoms. The average Bonchev–Trinajstić information content (AvgIpc) is 3.49. The van der Waals surface area contributed by atoms with Crippen molar-refractivity contribution in [1.29, 1.82) is 0 Å². The standard InChI is InChI=1S/C19H22F3N5O2S/c1-30(28,29)13-4-2-3-11(9-13)14-7-8-15-16(25-14)17(23)26(10-19(20,21)22)18(24)27(15)12-5-6-12/h2-4,7-9,12,17-18H,5-6,10,23-24H2,1H3. The van der Waals surface area contributed by atoms with Gasteiger partial charge in [0, 0.05) is 17.9 Å². The fraction of sp³-hybridized carbons (Fsp3) is 0.421. The Balaban J connectivity index is 1.79. The quantitative estimate of drug-likeness (QED) is 0.749. The van der Waals surface area contributed by atoms with Crippen molar-refractivity contribution in [3.8, 4) is 11.3 Å². The van der Waals surface area contributed by atoms with Crippen molar-refractivity contribution in [3.63, 3.8) is 0 Å². The summed E-state index contributed by atoms with van der Waals surface area (Å²) >= 11 is 0. The van der Waals surface area contributed by atoms with Crippen molar-refractivity contribution in [3.05, 3.63) is 42.1 Å². The first kappa shape index (κ1) is 21.0. The lowest BCUT2D eigenvalue weighted by molar-refractivity contribution is -0.158. The maximum atomic E-state index is 13.2. The van der Waals surface area contributed by atoms with Crippen molar-refractivity contribution >= 4 is 15.5 Å². The third-order valence-electron chi connectivity index (χ3n) is 5.30. The predicted molar refractivity (Wildman–Crippen MR) is 106 cm³/mol. The molecule has 0 bridgehead atoms. The van der Waals surface area contributed by atoms with Crippen LogP contribution in [-0.2, 0) is 9.84 Å². The van der Waals surface area contributed by atoms with Crippen LogP contribution in [0.25, 0.3) is 11.3 Å². The SMILES string of the molecule is CS(=O)(=O)c1cccc(-c2ccc3c(n2)C(N)N(CC(F)(F)F)C(N)N3C2CC2)c1. The third-order valence-corrected chi connectivity index (χ3v) is 6.41. The molecule has 0 radical (unpaired) electrons. The fourth-order valence-electron chi connectivity index (χ4n) is 3.74. The van der Waals surface area contributed by atoms with Gasteiger partial charge in [-0.1, -0.05) is 12.1 Å². The normalized spacial score (nSPS) is 22.8. The molecule has 1 saturated carbocycles. The van der Waals surface area contributed by atoms with E-state index in [1.165, 1.54) is 12.1 Å². The van der Waals surface area contributed by atoms with Crippen molar-refractivity contribution in [2.75, 3.05) is 17.7 Å². The Labute approximate surface area is 172 Å². The molecule has 4 N–H and O–H groups in total. The van der Waals surface area contributed by atoms with Crippen LogP contribution >= 0.6 is 0 Å². The zero-order chi connectivity index (χ0) is 21.8. The molecule has 0 saturated heterocycles. The van der Waals surface area contributed by atoms with Gasteiger partial charge in [0.15, 0.2) is 9.84 Å². The fourth-order valence-corrected chi connectivity index (χ4v) is 4.41. The van der Waals surface area contributed by atoms with E-state index in [1.807, 2.05) is 0 Å². The monoisotopic (exact) mass is 441 g/mol. The molecule has 30 heavy (non-hydrogen) atoms. The van der Waals surface area contributed by atoms with Crippen LogP contribution in [0.3, 0.4) is 0 Å². The minimum absolute atomic E-state index is 0.0446. The number of alkyl halides is 3. The summed E-state index contributed by atoms with van der Waals surface area (Å²) in [5.74, 6) is 0. The minimum atomic E-state index is -4.47. The maximum absolute atomic E-state index is 13.2. The third kappa shape index (κ3) is 4.02. The zero-order valence-electron chi connectivity index (χ0n) is 16.2. The lowest BCUT2D eigenvalue weighted by atomic mass is 10.1. The molecule has 2 heterocycles. The molecule has 1 aliphatic heterocycles. The Morgan fingerprint density at radius 2 is 1.87 bits per heavy atom. The lowest BCUT2D eigenvalue weighted by Gasteiger charge is -2.47. The van der Waals surface area contributed by atoms with Gasteiger partial charge in [-0.25, -0.2) is 18.3 Å². The van der Waals surface area contributed by atoms with Crippen LogP contribution in [-0.4, -0.2) is 49.6 Å². The number of sulfone groups is 1. The molecule has 0 amide bonds. The van der Waals surface area contributed by atoms with E-state index in [1.54, 1.807) is 29.2 Å². The van der Waals surface area contributed by atoms with Gasteiger partial charge in [-0.15, -0.1) is 0 Å². The second-order valence-electron chi connectivity index (χ2n) is 7.69. The van der Waals surface area contributed by atoms with Gasteiger partial charge in [0.1, 0.15) is 12.5 Å². The number of hydrogen-bond acceptors (Lipinski definition) is 7. The maximum Gasteiger partial charge on any atom is 0.401 e. The highest BCUT2D eigenvalue weighted by Crippen LogP contribution is 2.42. The molecule has 1 aromatic carbocycles. The second kappa shape index (κ2) is 7.19. The summed E-state index contributed by atoms with van der Waals surface area (Å²) in [6.45, 7) is -1.26. The minimum Gasteiger partial charge on any atom is -0.339 e. The van der Waals surface area contributed by atoms with E-state index in [-0.39, 0.29) is 16.6 Å². The molecule has 2 aliphatic rings. The van der Waals surface area contributed by atoms with Crippen LogP contribution in [0.2, 0.25) is 0 Å². The van der Waals surface area contributed by atoms with Crippen molar-refractivity contribution in [2.24, 2.45) is 11.5 Å². The van der Waals surface area contributed by atoms with E-state index in [2.05, 4.69) is 4.98 Å². The molecular weight excluding hydrogens is 419 g/mol. The van der Waals surface area contributed by atoms with E-state index in [0.717, 1.165) is 24.0 Å². The van der Waals surface area contributed by atoms with Crippen molar-refractivity contribution < 1.29 is 21.6 Å². The largest absolute Gasteiger partial charge is 0.401 e. The van der Waals surface area contributed by atoms with Gasteiger partial charge in [0.25, 0.3) is 0 Å². The Kier molecular flexibility index (Phi) is 5.04. The van der Waals surface area contributed by atoms with Crippen molar-refractivity contribution in [1.82, 2.24) is 9.88 Å². The van der Waals surface area contributed by atoms with E-state index in [0.29, 0.717) is 16.9 Å². The highest BCUT2D eigenvalue weighted by molar-refractivity contribution is 7.90. The van der Waals surface area contributed by atoms with Crippen LogP contribution in [0, 0.1) is 0 Å². The number of rotatable bonds is 4. The first-order valence-electron chi connectivity index (χ1n) is 9.39. The number of halogens is 3. The highest BCUT2D eigenvalue weighted by Gasteiger charge is 2.46. The topological polar surface area (TPSA) is 106 Å². The Morgan fingerprint density at radius 1 is 1.17 bits per heavy atom. The van der Waals surface area contributed by atoms with E-state index < -0.39 is 35.0 Å². The first-order chi connectivity index (χ1) is 14.0. The van der Waals surface area contributed by atoms with Gasteiger partial charge in [0.2, 0.25) is 0 Å². The van der Waals surface area contributed by atoms with E-state index in [4.69, 9.17) is 11.5 Å². The number of aromatic nitrogens is 1. The van der Waals surface area contributed by atoms with E-state index in [9.17, 15) is 21.6 Å². The molecule has 4 rings (SSSR count). The molecule has 1 fully saturated rings. The van der Waals surface area contributed by atoms with Crippen LogP contribution in [0.1, 0.15) is 24.7 Å². The Hall–Kier alpha value is -2.21. The molecular formula is C19H22F3N5O2S.